The molecule has 3 nitrogen and oxygen atoms in total. The van der Waals surface area contributed by atoms with Crippen LogP contribution in [-0.4, -0.2) is 31.1 Å². The number of halogens is 3. The van der Waals surface area contributed by atoms with Crippen molar-refractivity contribution < 1.29 is 13.2 Å². The zero-order valence-electron chi connectivity index (χ0n) is 11.5. The minimum Gasteiger partial charge on any atom is -0.399 e. The number of likely N-dealkylation sites (tertiary alicyclic amines) is 1. The molecule has 2 rings (SSSR count). The summed E-state index contributed by atoms with van der Waals surface area (Å²) in [5, 5.41) is 2.93. The van der Waals surface area contributed by atoms with Crippen LogP contribution in [0.5, 0.6) is 0 Å². The minimum absolute atomic E-state index is 0.102. The molecule has 0 radical (unpaired) electrons. The summed E-state index contributed by atoms with van der Waals surface area (Å²) in [4.78, 5) is 2.20. The molecule has 1 aliphatic heterocycles. The zero-order valence-corrected chi connectivity index (χ0v) is 11.5. The Balaban J connectivity index is 2.09. The van der Waals surface area contributed by atoms with Crippen LogP contribution in [0.2, 0.25) is 0 Å². The maximum atomic E-state index is 13.0. The number of nitrogens with one attached hydrogen (secondary N) is 1. The predicted octanol–water partition coefficient (Wildman–Crippen LogP) is 3.18. The van der Waals surface area contributed by atoms with Gasteiger partial charge in [0, 0.05) is 24.0 Å². The van der Waals surface area contributed by atoms with Crippen molar-refractivity contribution in [2.24, 2.45) is 0 Å². The van der Waals surface area contributed by atoms with E-state index in [4.69, 9.17) is 5.73 Å². The third-order valence-electron chi connectivity index (χ3n) is 3.80. The van der Waals surface area contributed by atoms with E-state index in [1.807, 2.05) is 7.05 Å². The molecule has 0 aliphatic carbocycles. The van der Waals surface area contributed by atoms with E-state index in [-0.39, 0.29) is 17.4 Å². The standard InChI is InChI=1S/C14H20F3N3/c1-20-7-3-2-4-11(20)9-19-13-6-5-10(18)8-12(13)14(15,16)17/h5-6,8,11,19H,2-4,7,9,18H2,1H3. The Morgan fingerprint density at radius 2 is 2.10 bits per heavy atom. The number of alkyl halides is 3. The molecule has 0 saturated carbocycles. The van der Waals surface area contributed by atoms with E-state index in [0.29, 0.717) is 6.54 Å². The molecule has 6 heteroatoms. The molecule has 0 spiro atoms. The Hall–Kier alpha value is -1.43. The van der Waals surface area contributed by atoms with Crippen LogP contribution in [0.15, 0.2) is 18.2 Å². The van der Waals surface area contributed by atoms with Crippen LogP contribution < -0.4 is 11.1 Å². The van der Waals surface area contributed by atoms with E-state index in [9.17, 15) is 13.2 Å². The molecule has 20 heavy (non-hydrogen) atoms. The molecule has 3 N–H and O–H groups in total. The van der Waals surface area contributed by atoms with Crippen molar-refractivity contribution in [2.75, 3.05) is 31.2 Å². The number of likely N-dealkylation sites (N-methyl/N-ethyl adjacent to an activating group) is 1. The van der Waals surface area contributed by atoms with Gasteiger partial charge in [-0.25, -0.2) is 0 Å². The smallest absolute Gasteiger partial charge is 0.399 e. The van der Waals surface area contributed by atoms with Crippen molar-refractivity contribution in [1.82, 2.24) is 4.90 Å². The van der Waals surface area contributed by atoms with E-state index in [0.717, 1.165) is 31.9 Å². The average molecular weight is 287 g/mol. The molecule has 0 bridgehead atoms. The van der Waals surface area contributed by atoms with Crippen molar-refractivity contribution in [3.8, 4) is 0 Å². The molecule has 1 saturated heterocycles. The fraction of sp³-hybridized carbons (Fsp3) is 0.571. The Morgan fingerprint density at radius 1 is 1.35 bits per heavy atom. The zero-order chi connectivity index (χ0) is 14.8. The highest BCUT2D eigenvalue weighted by atomic mass is 19.4. The Kier molecular flexibility index (Phi) is 4.42. The van der Waals surface area contributed by atoms with Gasteiger partial charge in [0.05, 0.1) is 5.56 Å². The number of nitrogens with zero attached hydrogens (tertiary/aromatic N) is 1. The third-order valence-corrected chi connectivity index (χ3v) is 3.80. The average Bonchev–Trinajstić information content (AvgIpc) is 2.38. The SMILES string of the molecule is CN1CCCCC1CNc1ccc(N)cc1C(F)(F)F. The van der Waals surface area contributed by atoms with E-state index < -0.39 is 11.7 Å². The van der Waals surface area contributed by atoms with Crippen LogP contribution in [0, 0.1) is 0 Å². The van der Waals surface area contributed by atoms with Crippen molar-refractivity contribution in [3.63, 3.8) is 0 Å². The molecule has 1 aromatic rings. The second kappa shape index (κ2) is 5.91. The van der Waals surface area contributed by atoms with Gasteiger partial charge in [-0.15, -0.1) is 0 Å². The second-order valence-electron chi connectivity index (χ2n) is 5.31. The Morgan fingerprint density at radius 3 is 2.75 bits per heavy atom. The molecule has 1 aliphatic rings. The fourth-order valence-corrected chi connectivity index (χ4v) is 2.58. The second-order valence-corrected chi connectivity index (χ2v) is 5.31. The normalized spacial score (nSPS) is 20.9. The van der Waals surface area contributed by atoms with Crippen LogP contribution >= 0.6 is 0 Å². The van der Waals surface area contributed by atoms with E-state index in [1.54, 1.807) is 0 Å². The summed E-state index contributed by atoms with van der Waals surface area (Å²) < 4.78 is 38.9. The molecule has 112 valence electrons. The maximum Gasteiger partial charge on any atom is 0.418 e. The van der Waals surface area contributed by atoms with Gasteiger partial charge >= 0.3 is 6.18 Å². The summed E-state index contributed by atoms with van der Waals surface area (Å²) in [7, 11) is 2.01. The first kappa shape index (κ1) is 15.0. The first-order valence-corrected chi connectivity index (χ1v) is 6.79. The summed E-state index contributed by atoms with van der Waals surface area (Å²) in [6.07, 6.45) is -1.09. The first-order valence-electron chi connectivity index (χ1n) is 6.79. The van der Waals surface area contributed by atoms with Crippen LogP contribution in [0.3, 0.4) is 0 Å². The van der Waals surface area contributed by atoms with Crippen LogP contribution in [0.25, 0.3) is 0 Å². The molecule has 1 fully saturated rings. The number of piperidine rings is 1. The molecule has 1 aromatic carbocycles. The highest BCUT2D eigenvalue weighted by Crippen LogP contribution is 2.36. The van der Waals surface area contributed by atoms with Crippen molar-refractivity contribution >= 4 is 11.4 Å². The van der Waals surface area contributed by atoms with Crippen LogP contribution in [0.1, 0.15) is 24.8 Å². The molecule has 1 atom stereocenters. The van der Waals surface area contributed by atoms with Gasteiger partial charge in [0.1, 0.15) is 0 Å². The molecule has 1 unspecified atom stereocenters. The molecule has 1 heterocycles. The highest BCUT2D eigenvalue weighted by molar-refractivity contribution is 5.59. The number of hydrogen-bond acceptors (Lipinski definition) is 3. The molecule has 0 amide bonds. The molecular formula is C14H20F3N3. The number of anilines is 2. The number of nitrogen functional groups attached to an aromatic ring is 1. The topological polar surface area (TPSA) is 41.3 Å². The summed E-state index contributed by atoms with van der Waals surface area (Å²) >= 11 is 0. The summed E-state index contributed by atoms with van der Waals surface area (Å²) in [5.74, 6) is 0. The monoisotopic (exact) mass is 287 g/mol. The number of nitrogens with two attached hydrogens (primary N) is 1. The van der Waals surface area contributed by atoms with Crippen LogP contribution in [0.4, 0.5) is 24.5 Å². The predicted molar refractivity (Wildman–Crippen MR) is 74.6 cm³/mol. The summed E-state index contributed by atoms with van der Waals surface area (Å²) in [5.41, 5.74) is 4.98. The summed E-state index contributed by atoms with van der Waals surface area (Å²) in [6.45, 7) is 1.52. The van der Waals surface area contributed by atoms with Crippen molar-refractivity contribution in [2.45, 2.75) is 31.5 Å². The lowest BCUT2D eigenvalue weighted by atomic mass is 10.0. The summed E-state index contributed by atoms with van der Waals surface area (Å²) in [6, 6.07) is 4.15. The third kappa shape index (κ3) is 3.56. The van der Waals surface area contributed by atoms with Gasteiger partial charge in [0.15, 0.2) is 0 Å². The van der Waals surface area contributed by atoms with E-state index in [1.165, 1.54) is 12.1 Å². The van der Waals surface area contributed by atoms with Gasteiger partial charge in [-0.1, -0.05) is 6.42 Å². The Labute approximate surface area is 116 Å². The lowest BCUT2D eigenvalue weighted by Gasteiger charge is -2.33. The quantitative estimate of drug-likeness (QED) is 0.839. The van der Waals surface area contributed by atoms with E-state index in [2.05, 4.69) is 10.2 Å². The number of benzene rings is 1. The fourth-order valence-electron chi connectivity index (χ4n) is 2.58. The van der Waals surface area contributed by atoms with Gasteiger partial charge in [-0.05, 0) is 44.6 Å². The van der Waals surface area contributed by atoms with Gasteiger partial charge in [0.25, 0.3) is 0 Å². The van der Waals surface area contributed by atoms with Gasteiger partial charge in [0.2, 0.25) is 0 Å². The van der Waals surface area contributed by atoms with Gasteiger partial charge in [-0.3, -0.25) is 0 Å². The van der Waals surface area contributed by atoms with Crippen LogP contribution in [-0.2, 0) is 6.18 Å². The van der Waals surface area contributed by atoms with E-state index >= 15 is 0 Å². The lowest BCUT2D eigenvalue weighted by Crippen LogP contribution is -2.40. The number of hydrogen-bond donors (Lipinski definition) is 2. The lowest BCUT2D eigenvalue weighted by molar-refractivity contribution is -0.136. The molecular weight excluding hydrogens is 267 g/mol. The van der Waals surface area contributed by atoms with Crippen molar-refractivity contribution in [3.05, 3.63) is 23.8 Å². The van der Waals surface area contributed by atoms with Gasteiger partial charge in [-0.2, -0.15) is 13.2 Å². The highest BCUT2D eigenvalue weighted by Gasteiger charge is 2.34. The Bertz CT molecular complexity index is 459. The maximum absolute atomic E-state index is 13.0. The van der Waals surface area contributed by atoms with Gasteiger partial charge < -0.3 is 16.0 Å². The molecule has 0 aromatic heterocycles. The largest absolute Gasteiger partial charge is 0.418 e. The van der Waals surface area contributed by atoms with Crippen molar-refractivity contribution in [1.29, 1.82) is 0 Å². The number of rotatable bonds is 3. The first-order chi connectivity index (χ1) is 9.38. The minimum atomic E-state index is -4.39.